The maximum atomic E-state index is 12.7. The molecular formula is C20H30N2O2. The number of hydrogen-bond acceptors (Lipinski definition) is 3. The van der Waals surface area contributed by atoms with E-state index in [2.05, 4.69) is 37.8 Å². The molecule has 0 unspecified atom stereocenters. The van der Waals surface area contributed by atoms with Gasteiger partial charge in [-0.05, 0) is 36.0 Å². The maximum absolute atomic E-state index is 12.7. The fourth-order valence-electron chi connectivity index (χ4n) is 3.67. The lowest BCUT2D eigenvalue weighted by molar-refractivity contribution is 0.00159. The van der Waals surface area contributed by atoms with Crippen LogP contribution in [0.25, 0.3) is 0 Å². The van der Waals surface area contributed by atoms with E-state index in [4.69, 9.17) is 4.74 Å². The minimum Gasteiger partial charge on any atom is -0.379 e. The fraction of sp³-hybridized carbons (Fsp3) is 0.650. The van der Waals surface area contributed by atoms with Gasteiger partial charge in [-0.25, -0.2) is 0 Å². The number of carbonyl (C=O) groups is 1. The Morgan fingerprint density at radius 2 is 1.58 bits per heavy atom. The molecule has 0 N–H and O–H groups in total. The number of benzene rings is 1. The van der Waals surface area contributed by atoms with Gasteiger partial charge in [-0.1, -0.05) is 32.9 Å². The highest BCUT2D eigenvalue weighted by Crippen LogP contribution is 2.24. The van der Waals surface area contributed by atoms with E-state index in [1.807, 2.05) is 17.0 Å². The lowest BCUT2D eigenvalue weighted by Crippen LogP contribution is -2.50. The molecule has 0 radical (unpaired) electrons. The Kier molecular flexibility index (Phi) is 5.26. The number of morpholine rings is 1. The van der Waals surface area contributed by atoms with E-state index in [-0.39, 0.29) is 11.3 Å². The van der Waals surface area contributed by atoms with E-state index >= 15 is 0 Å². The second-order valence-electron chi connectivity index (χ2n) is 8.00. The van der Waals surface area contributed by atoms with Crippen molar-refractivity contribution in [3.63, 3.8) is 0 Å². The van der Waals surface area contributed by atoms with Crippen molar-refractivity contribution in [2.75, 3.05) is 39.4 Å². The average Bonchev–Trinajstić information content (AvgIpc) is 2.61. The van der Waals surface area contributed by atoms with Crippen LogP contribution in [0.3, 0.4) is 0 Å². The number of rotatable bonds is 2. The zero-order chi connectivity index (χ0) is 17.2. The second kappa shape index (κ2) is 7.24. The number of likely N-dealkylation sites (tertiary alicyclic amines) is 1. The van der Waals surface area contributed by atoms with Gasteiger partial charge in [0.25, 0.3) is 5.91 Å². The molecule has 3 rings (SSSR count). The number of piperidine rings is 1. The first-order valence-electron chi connectivity index (χ1n) is 9.17. The molecule has 0 aromatic heterocycles. The summed E-state index contributed by atoms with van der Waals surface area (Å²) in [5, 5.41) is 0. The summed E-state index contributed by atoms with van der Waals surface area (Å²) >= 11 is 0. The third-order valence-electron chi connectivity index (χ3n) is 5.31. The predicted molar refractivity (Wildman–Crippen MR) is 96.5 cm³/mol. The molecule has 2 aliphatic heterocycles. The summed E-state index contributed by atoms with van der Waals surface area (Å²) in [6.07, 6.45) is 2.15. The highest BCUT2D eigenvalue weighted by Gasteiger charge is 2.28. The topological polar surface area (TPSA) is 32.8 Å². The first-order chi connectivity index (χ1) is 11.4. The summed E-state index contributed by atoms with van der Waals surface area (Å²) in [6.45, 7) is 12.1. The van der Waals surface area contributed by atoms with Gasteiger partial charge in [0.05, 0.1) is 13.2 Å². The Hall–Kier alpha value is -1.39. The normalized spacial score (nSPS) is 21.0. The summed E-state index contributed by atoms with van der Waals surface area (Å²) in [4.78, 5) is 17.3. The van der Waals surface area contributed by atoms with Crippen LogP contribution in [0.1, 0.15) is 49.5 Å². The Morgan fingerprint density at radius 1 is 1.00 bits per heavy atom. The van der Waals surface area contributed by atoms with Crippen molar-refractivity contribution < 1.29 is 9.53 Å². The smallest absolute Gasteiger partial charge is 0.253 e. The lowest BCUT2D eigenvalue weighted by atomic mass is 9.86. The molecule has 132 valence electrons. The minimum absolute atomic E-state index is 0.123. The monoisotopic (exact) mass is 330 g/mol. The van der Waals surface area contributed by atoms with Crippen molar-refractivity contribution in [1.82, 2.24) is 9.80 Å². The van der Waals surface area contributed by atoms with E-state index in [1.165, 1.54) is 5.56 Å². The quantitative estimate of drug-likeness (QED) is 0.836. The fourth-order valence-corrected chi connectivity index (χ4v) is 3.67. The summed E-state index contributed by atoms with van der Waals surface area (Å²) < 4.78 is 5.43. The minimum atomic E-state index is 0.123. The van der Waals surface area contributed by atoms with Crippen LogP contribution in [-0.2, 0) is 10.2 Å². The molecule has 4 heteroatoms. The second-order valence-corrected chi connectivity index (χ2v) is 8.00. The first kappa shape index (κ1) is 17.4. The van der Waals surface area contributed by atoms with Gasteiger partial charge in [-0.2, -0.15) is 0 Å². The van der Waals surface area contributed by atoms with Gasteiger partial charge in [-0.15, -0.1) is 0 Å². The summed E-state index contributed by atoms with van der Waals surface area (Å²) in [5.74, 6) is 0.177. The molecule has 24 heavy (non-hydrogen) atoms. The van der Waals surface area contributed by atoms with E-state index in [1.54, 1.807) is 0 Å². The Bertz CT molecular complexity index is 548. The highest BCUT2D eigenvalue weighted by atomic mass is 16.5. The molecule has 2 aliphatic rings. The van der Waals surface area contributed by atoms with E-state index in [0.717, 1.165) is 57.8 Å². The Balaban J connectivity index is 1.56. The summed E-state index contributed by atoms with van der Waals surface area (Å²) in [5.41, 5.74) is 2.20. The van der Waals surface area contributed by atoms with Gasteiger partial charge >= 0.3 is 0 Å². The van der Waals surface area contributed by atoms with Gasteiger partial charge in [0.1, 0.15) is 0 Å². The van der Waals surface area contributed by atoms with Gasteiger partial charge in [0.15, 0.2) is 0 Å². The molecule has 0 spiro atoms. The number of nitrogens with zero attached hydrogens (tertiary/aromatic N) is 2. The molecule has 0 bridgehead atoms. The molecule has 2 heterocycles. The van der Waals surface area contributed by atoms with Gasteiger partial charge in [-0.3, -0.25) is 9.69 Å². The zero-order valence-corrected chi connectivity index (χ0v) is 15.3. The third-order valence-corrected chi connectivity index (χ3v) is 5.31. The zero-order valence-electron chi connectivity index (χ0n) is 15.3. The van der Waals surface area contributed by atoms with Crippen molar-refractivity contribution in [2.45, 2.75) is 45.1 Å². The Labute approximate surface area is 145 Å². The van der Waals surface area contributed by atoms with Gasteiger partial charge < -0.3 is 9.64 Å². The first-order valence-corrected chi connectivity index (χ1v) is 9.17. The van der Waals surface area contributed by atoms with Crippen LogP contribution < -0.4 is 0 Å². The van der Waals surface area contributed by atoms with Crippen LogP contribution >= 0.6 is 0 Å². The maximum Gasteiger partial charge on any atom is 0.253 e. The molecule has 0 saturated carbocycles. The molecule has 4 nitrogen and oxygen atoms in total. The molecule has 0 aliphatic carbocycles. The van der Waals surface area contributed by atoms with Crippen molar-refractivity contribution in [1.29, 1.82) is 0 Å². The average molecular weight is 330 g/mol. The number of hydrogen-bond donors (Lipinski definition) is 0. The molecule has 2 fully saturated rings. The SMILES string of the molecule is CC(C)(C)c1ccc(C(=O)N2CCC(N3CCOCC3)CC2)cc1. The molecule has 0 atom stereocenters. The Morgan fingerprint density at radius 3 is 2.12 bits per heavy atom. The van der Waals surface area contributed by atoms with Crippen LogP contribution in [-0.4, -0.2) is 61.1 Å². The van der Waals surface area contributed by atoms with Crippen molar-refractivity contribution in [2.24, 2.45) is 0 Å². The molecule has 1 aromatic carbocycles. The van der Waals surface area contributed by atoms with Crippen molar-refractivity contribution in [3.05, 3.63) is 35.4 Å². The van der Waals surface area contributed by atoms with Crippen LogP contribution in [0.15, 0.2) is 24.3 Å². The van der Waals surface area contributed by atoms with Crippen LogP contribution in [0.2, 0.25) is 0 Å². The van der Waals surface area contributed by atoms with Gasteiger partial charge in [0.2, 0.25) is 0 Å². The number of ether oxygens (including phenoxy) is 1. The van der Waals surface area contributed by atoms with E-state index in [0.29, 0.717) is 6.04 Å². The van der Waals surface area contributed by atoms with E-state index in [9.17, 15) is 4.79 Å². The van der Waals surface area contributed by atoms with Crippen molar-refractivity contribution in [3.8, 4) is 0 Å². The molecule has 2 saturated heterocycles. The van der Waals surface area contributed by atoms with E-state index < -0.39 is 0 Å². The standard InChI is InChI=1S/C20H30N2O2/c1-20(2,3)17-6-4-16(5-7-17)19(23)22-10-8-18(9-11-22)21-12-14-24-15-13-21/h4-7,18H,8-15H2,1-3H3. The van der Waals surface area contributed by atoms with Gasteiger partial charge in [0, 0.05) is 37.8 Å². The molecule has 1 amide bonds. The molecular weight excluding hydrogens is 300 g/mol. The van der Waals surface area contributed by atoms with Crippen LogP contribution in [0, 0.1) is 0 Å². The lowest BCUT2D eigenvalue weighted by Gasteiger charge is -2.40. The largest absolute Gasteiger partial charge is 0.379 e. The van der Waals surface area contributed by atoms with Crippen LogP contribution in [0.5, 0.6) is 0 Å². The molecule has 1 aromatic rings. The van der Waals surface area contributed by atoms with Crippen LogP contribution in [0.4, 0.5) is 0 Å². The highest BCUT2D eigenvalue weighted by molar-refractivity contribution is 5.94. The summed E-state index contributed by atoms with van der Waals surface area (Å²) in [7, 11) is 0. The van der Waals surface area contributed by atoms with Crippen molar-refractivity contribution >= 4 is 5.91 Å². The summed E-state index contributed by atoms with van der Waals surface area (Å²) in [6, 6.07) is 8.76. The third kappa shape index (κ3) is 3.98. The predicted octanol–water partition coefficient (Wildman–Crippen LogP) is 2.92. The number of amides is 1. The number of carbonyl (C=O) groups excluding carboxylic acids is 1.